The molecule has 0 spiro atoms. The highest BCUT2D eigenvalue weighted by atomic mass is 32.2. The Morgan fingerprint density at radius 3 is 2.47 bits per heavy atom. The molecule has 1 aromatic carbocycles. The molecule has 1 rings (SSSR count). The van der Waals surface area contributed by atoms with Crippen molar-refractivity contribution in [2.45, 2.75) is 18.2 Å². The largest absolute Gasteiger partial charge is 0.494 e. The fourth-order valence-corrected chi connectivity index (χ4v) is 2.30. The Kier molecular flexibility index (Phi) is 5.40. The van der Waals surface area contributed by atoms with Crippen molar-refractivity contribution in [3.05, 3.63) is 24.3 Å². The van der Waals surface area contributed by atoms with Crippen LogP contribution in [0.3, 0.4) is 0 Å². The second-order valence-corrected chi connectivity index (χ2v) is 5.23. The van der Waals surface area contributed by atoms with Crippen LogP contribution >= 0.6 is 0 Å². The maximum absolute atomic E-state index is 11.6. The lowest BCUT2D eigenvalue weighted by Gasteiger charge is -2.07. The third-order valence-corrected chi connectivity index (χ3v) is 3.65. The first kappa shape index (κ1) is 14.0. The van der Waals surface area contributed by atoms with E-state index in [9.17, 15) is 8.42 Å². The van der Waals surface area contributed by atoms with Crippen LogP contribution in [-0.2, 0) is 10.0 Å². The maximum Gasteiger partial charge on any atom is 0.240 e. The molecule has 0 aliphatic rings. The Balaban J connectivity index is 2.68. The molecule has 0 unspecified atom stereocenters. The SMILES string of the molecule is CCNS(=O)(=O)c1ccc(OCCCN)cc1. The van der Waals surface area contributed by atoms with Crippen molar-refractivity contribution in [1.82, 2.24) is 4.72 Å². The van der Waals surface area contributed by atoms with Crippen LogP contribution in [-0.4, -0.2) is 28.1 Å². The molecule has 17 heavy (non-hydrogen) atoms. The molecule has 1 aromatic rings. The standard InChI is InChI=1S/C11H18N2O3S/c1-2-13-17(14,15)11-6-4-10(5-7-11)16-9-3-8-12/h4-7,13H,2-3,8-9,12H2,1H3. The summed E-state index contributed by atoms with van der Waals surface area (Å²) in [6, 6.07) is 6.33. The first-order valence-electron chi connectivity index (χ1n) is 5.52. The fraction of sp³-hybridized carbons (Fsp3) is 0.455. The van der Waals surface area contributed by atoms with E-state index in [0.717, 1.165) is 6.42 Å². The molecule has 0 atom stereocenters. The Hall–Kier alpha value is -1.11. The summed E-state index contributed by atoms with van der Waals surface area (Å²) in [6.45, 7) is 3.22. The van der Waals surface area contributed by atoms with Crippen LogP contribution in [0.5, 0.6) is 5.75 Å². The molecular formula is C11H18N2O3S. The number of nitrogens with one attached hydrogen (secondary N) is 1. The van der Waals surface area contributed by atoms with E-state index < -0.39 is 10.0 Å². The highest BCUT2D eigenvalue weighted by Gasteiger charge is 2.11. The van der Waals surface area contributed by atoms with Gasteiger partial charge in [-0.25, -0.2) is 13.1 Å². The van der Waals surface area contributed by atoms with E-state index in [0.29, 0.717) is 25.4 Å². The molecule has 0 bridgehead atoms. The zero-order valence-electron chi connectivity index (χ0n) is 9.85. The predicted octanol–water partition coefficient (Wildman–Crippen LogP) is 0.712. The van der Waals surface area contributed by atoms with E-state index >= 15 is 0 Å². The van der Waals surface area contributed by atoms with Crippen molar-refractivity contribution in [1.29, 1.82) is 0 Å². The van der Waals surface area contributed by atoms with Crippen LogP contribution in [0.1, 0.15) is 13.3 Å². The Morgan fingerprint density at radius 2 is 1.94 bits per heavy atom. The number of nitrogens with two attached hydrogens (primary N) is 1. The van der Waals surface area contributed by atoms with Gasteiger partial charge in [0.05, 0.1) is 11.5 Å². The van der Waals surface area contributed by atoms with Gasteiger partial charge in [-0.1, -0.05) is 6.92 Å². The molecule has 3 N–H and O–H groups in total. The molecule has 0 fully saturated rings. The molecule has 0 amide bonds. The summed E-state index contributed by atoms with van der Waals surface area (Å²) in [4.78, 5) is 0.241. The summed E-state index contributed by atoms with van der Waals surface area (Å²) < 4.78 is 31.1. The molecule has 0 aromatic heterocycles. The zero-order chi connectivity index (χ0) is 12.7. The third-order valence-electron chi connectivity index (χ3n) is 2.09. The first-order valence-corrected chi connectivity index (χ1v) is 7.01. The van der Waals surface area contributed by atoms with Crippen molar-refractivity contribution in [2.75, 3.05) is 19.7 Å². The minimum atomic E-state index is -3.38. The van der Waals surface area contributed by atoms with Crippen molar-refractivity contribution in [2.24, 2.45) is 5.73 Å². The second-order valence-electron chi connectivity index (χ2n) is 3.46. The molecule has 0 aliphatic carbocycles. The van der Waals surface area contributed by atoms with Gasteiger partial charge in [-0.3, -0.25) is 0 Å². The summed E-state index contributed by atoms with van der Waals surface area (Å²) >= 11 is 0. The van der Waals surface area contributed by atoms with Gasteiger partial charge in [0.1, 0.15) is 5.75 Å². The van der Waals surface area contributed by atoms with Crippen LogP contribution in [0.2, 0.25) is 0 Å². The highest BCUT2D eigenvalue weighted by Crippen LogP contribution is 2.15. The van der Waals surface area contributed by atoms with Gasteiger partial charge in [0, 0.05) is 6.54 Å². The lowest BCUT2D eigenvalue weighted by atomic mass is 10.3. The normalized spacial score (nSPS) is 11.4. The predicted molar refractivity (Wildman–Crippen MR) is 66.5 cm³/mol. The summed E-state index contributed by atoms with van der Waals surface area (Å²) in [7, 11) is -3.38. The van der Waals surface area contributed by atoms with Crippen LogP contribution in [0, 0.1) is 0 Å². The van der Waals surface area contributed by atoms with Gasteiger partial charge in [0.25, 0.3) is 0 Å². The third kappa shape index (κ3) is 4.33. The molecule has 96 valence electrons. The van der Waals surface area contributed by atoms with E-state index in [2.05, 4.69) is 4.72 Å². The second kappa shape index (κ2) is 6.58. The number of benzene rings is 1. The summed E-state index contributed by atoms with van der Waals surface area (Å²) in [5.41, 5.74) is 5.34. The highest BCUT2D eigenvalue weighted by molar-refractivity contribution is 7.89. The molecule has 0 radical (unpaired) electrons. The Labute approximate surface area is 102 Å². The van der Waals surface area contributed by atoms with Crippen molar-refractivity contribution < 1.29 is 13.2 Å². The topological polar surface area (TPSA) is 81.4 Å². The molecular weight excluding hydrogens is 240 g/mol. The van der Waals surface area contributed by atoms with E-state index in [1.807, 2.05) is 0 Å². The number of ether oxygens (including phenoxy) is 1. The average molecular weight is 258 g/mol. The van der Waals surface area contributed by atoms with Gasteiger partial charge < -0.3 is 10.5 Å². The fourth-order valence-electron chi connectivity index (χ4n) is 1.26. The molecule has 0 aliphatic heterocycles. The van der Waals surface area contributed by atoms with E-state index in [1.54, 1.807) is 19.1 Å². The Bertz CT molecular complexity index is 429. The minimum Gasteiger partial charge on any atom is -0.494 e. The van der Waals surface area contributed by atoms with Gasteiger partial charge in [0.15, 0.2) is 0 Å². The molecule has 0 saturated carbocycles. The first-order chi connectivity index (χ1) is 8.10. The summed E-state index contributed by atoms with van der Waals surface area (Å²) in [5, 5.41) is 0. The number of sulfonamides is 1. The van der Waals surface area contributed by atoms with Gasteiger partial charge in [-0.15, -0.1) is 0 Å². The number of hydrogen-bond acceptors (Lipinski definition) is 4. The van der Waals surface area contributed by atoms with E-state index in [4.69, 9.17) is 10.5 Å². The monoisotopic (exact) mass is 258 g/mol. The zero-order valence-corrected chi connectivity index (χ0v) is 10.7. The number of hydrogen-bond donors (Lipinski definition) is 2. The van der Waals surface area contributed by atoms with Gasteiger partial charge in [-0.05, 0) is 37.2 Å². The smallest absolute Gasteiger partial charge is 0.240 e. The summed E-state index contributed by atoms with van der Waals surface area (Å²) in [6.07, 6.45) is 0.775. The van der Waals surface area contributed by atoms with Crippen molar-refractivity contribution >= 4 is 10.0 Å². The molecule has 6 heteroatoms. The van der Waals surface area contributed by atoms with Crippen molar-refractivity contribution in [3.8, 4) is 5.75 Å². The molecule has 0 saturated heterocycles. The van der Waals surface area contributed by atoms with Crippen LogP contribution < -0.4 is 15.2 Å². The van der Waals surface area contributed by atoms with Gasteiger partial charge in [0.2, 0.25) is 10.0 Å². The molecule has 0 heterocycles. The minimum absolute atomic E-state index is 0.241. The van der Waals surface area contributed by atoms with Crippen LogP contribution in [0.4, 0.5) is 0 Å². The summed E-state index contributed by atoms with van der Waals surface area (Å²) in [5.74, 6) is 0.647. The average Bonchev–Trinajstić information content (AvgIpc) is 2.30. The van der Waals surface area contributed by atoms with Crippen LogP contribution in [0.25, 0.3) is 0 Å². The van der Waals surface area contributed by atoms with Gasteiger partial charge >= 0.3 is 0 Å². The van der Waals surface area contributed by atoms with E-state index in [1.165, 1.54) is 12.1 Å². The maximum atomic E-state index is 11.6. The number of rotatable bonds is 7. The lowest BCUT2D eigenvalue weighted by molar-refractivity contribution is 0.313. The lowest BCUT2D eigenvalue weighted by Crippen LogP contribution is -2.22. The van der Waals surface area contributed by atoms with Crippen LogP contribution in [0.15, 0.2) is 29.2 Å². The van der Waals surface area contributed by atoms with E-state index in [-0.39, 0.29) is 4.90 Å². The van der Waals surface area contributed by atoms with Crippen molar-refractivity contribution in [3.63, 3.8) is 0 Å². The quantitative estimate of drug-likeness (QED) is 0.706. The Morgan fingerprint density at radius 1 is 1.29 bits per heavy atom. The molecule has 5 nitrogen and oxygen atoms in total. The van der Waals surface area contributed by atoms with Gasteiger partial charge in [-0.2, -0.15) is 0 Å².